The summed E-state index contributed by atoms with van der Waals surface area (Å²) in [7, 11) is 5.38. The predicted octanol–water partition coefficient (Wildman–Crippen LogP) is 2.48. The fourth-order valence-electron chi connectivity index (χ4n) is 1.86. The van der Waals surface area contributed by atoms with Crippen LogP contribution in [0.25, 0.3) is 0 Å². The molecular weight excluding hydrogens is 254 g/mol. The van der Waals surface area contributed by atoms with Crippen LogP contribution in [0.3, 0.4) is 0 Å². The summed E-state index contributed by atoms with van der Waals surface area (Å²) < 4.78 is 4.66. The number of H-pyrrole nitrogens is 1. The highest BCUT2D eigenvalue weighted by Crippen LogP contribution is 2.18. The molecule has 1 heterocycles. The maximum atomic E-state index is 11.3. The lowest BCUT2D eigenvalue weighted by molar-refractivity contribution is 0.0594. The number of ether oxygens (including phenoxy) is 1. The minimum Gasteiger partial charge on any atom is -0.464 e. The fraction of sp³-hybridized carbons (Fsp3) is 0.267. The van der Waals surface area contributed by atoms with E-state index in [1.165, 1.54) is 7.11 Å². The zero-order valence-corrected chi connectivity index (χ0v) is 11.9. The molecule has 5 heteroatoms. The third kappa shape index (κ3) is 3.32. The molecule has 0 spiro atoms. The van der Waals surface area contributed by atoms with E-state index in [4.69, 9.17) is 0 Å². The van der Waals surface area contributed by atoms with Crippen LogP contribution in [0.5, 0.6) is 0 Å². The van der Waals surface area contributed by atoms with E-state index in [0.717, 1.165) is 17.1 Å². The van der Waals surface area contributed by atoms with Gasteiger partial charge < -0.3 is 19.9 Å². The van der Waals surface area contributed by atoms with Crippen LogP contribution in [0.2, 0.25) is 0 Å². The van der Waals surface area contributed by atoms with Gasteiger partial charge in [0, 0.05) is 31.2 Å². The molecule has 0 amide bonds. The number of methoxy groups -OCH3 is 1. The first-order valence-electron chi connectivity index (χ1n) is 6.37. The molecule has 20 heavy (non-hydrogen) atoms. The topological polar surface area (TPSA) is 57.4 Å². The van der Waals surface area contributed by atoms with Crippen molar-refractivity contribution >= 4 is 17.3 Å². The lowest BCUT2D eigenvalue weighted by Gasteiger charge is -2.14. The maximum absolute atomic E-state index is 11.3. The molecule has 0 fully saturated rings. The van der Waals surface area contributed by atoms with Crippen molar-refractivity contribution in [1.29, 1.82) is 0 Å². The fourth-order valence-corrected chi connectivity index (χ4v) is 1.86. The molecule has 5 nitrogen and oxygen atoms in total. The van der Waals surface area contributed by atoms with Gasteiger partial charge in [0.25, 0.3) is 0 Å². The Morgan fingerprint density at radius 3 is 2.80 bits per heavy atom. The standard InChI is InChI=1S/C15H19N3O2/c1-18(2)13-6-4-5-11(9-13)16-10-12-7-8-14(17-12)15(19)20-3/h4-9,16-17H,10H2,1-3H3. The maximum Gasteiger partial charge on any atom is 0.354 e. The number of carbonyl (C=O) groups is 1. The molecule has 1 aromatic heterocycles. The number of hydrogen-bond donors (Lipinski definition) is 2. The van der Waals surface area contributed by atoms with Crippen molar-refractivity contribution in [2.45, 2.75) is 6.54 Å². The van der Waals surface area contributed by atoms with Crippen molar-refractivity contribution in [1.82, 2.24) is 4.98 Å². The second-order valence-corrected chi connectivity index (χ2v) is 4.69. The number of nitrogens with zero attached hydrogens (tertiary/aromatic N) is 1. The summed E-state index contributed by atoms with van der Waals surface area (Å²) in [6.45, 7) is 0.619. The number of anilines is 2. The van der Waals surface area contributed by atoms with E-state index in [1.807, 2.05) is 32.3 Å². The Kier molecular flexibility index (Phi) is 4.30. The molecule has 0 saturated heterocycles. The second-order valence-electron chi connectivity index (χ2n) is 4.69. The van der Waals surface area contributed by atoms with E-state index in [1.54, 1.807) is 6.07 Å². The number of hydrogen-bond acceptors (Lipinski definition) is 4. The van der Waals surface area contributed by atoms with Gasteiger partial charge in [0.15, 0.2) is 0 Å². The normalized spacial score (nSPS) is 10.2. The molecule has 2 rings (SSSR count). The van der Waals surface area contributed by atoms with Gasteiger partial charge in [0.05, 0.1) is 13.7 Å². The third-order valence-electron chi connectivity index (χ3n) is 3.00. The first kappa shape index (κ1) is 14.0. The van der Waals surface area contributed by atoms with Gasteiger partial charge in [-0.15, -0.1) is 0 Å². The van der Waals surface area contributed by atoms with Crippen LogP contribution in [0.4, 0.5) is 11.4 Å². The summed E-state index contributed by atoms with van der Waals surface area (Å²) in [5.41, 5.74) is 3.56. The van der Waals surface area contributed by atoms with Gasteiger partial charge in [0.1, 0.15) is 5.69 Å². The Labute approximate surface area is 118 Å². The van der Waals surface area contributed by atoms with Gasteiger partial charge in [-0.05, 0) is 30.3 Å². The van der Waals surface area contributed by atoms with E-state index >= 15 is 0 Å². The summed E-state index contributed by atoms with van der Waals surface area (Å²) in [6.07, 6.45) is 0. The van der Waals surface area contributed by atoms with Crippen molar-refractivity contribution in [2.24, 2.45) is 0 Å². The summed E-state index contributed by atoms with van der Waals surface area (Å²) in [6, 6.07) is 11.7. The number of benzene rings is 1. The van der Waals surface area contributed by atoms with Crippen molar-refractivity contribution in [2.75, 3.05) is 31.4 Å². The predicted molar refractivity (Wildman–Crippen MR) is 80.2 cm³/mol. The first-order valence-corrected chi connectivity index (χ1v) is 6.37. The lowest BCUT2D eigenvalue weighted by Crippen LogP contribution is -2.09. The molecular formula is C15H19N3O2. The van der Waals surface area contributed by atoms with Crippen LogP contribution in [0.1, 0.15) is 16.2 Å². The summed E-state index contributed by atoms with van der Waals surface area (Å²) in [4.78, 5) is 16.4. The van der Waals surface area contributed by atoms with Crippen LogP contribution in [0, 0.1) is 0 Å². The second kappa shape index (κ2) is 6.14. The van der Waals surface area contributed by atoms with Gasteiger partial charge in [-0.2, -0.15) is 0 Å². The largest absolute Gasteiger partial charge is 0.464 e. The van der Waals surface area contributed by atoms with Crippen LogP contribution >= 0.6 is 0 Å². The molecule has 2 N–H and O–H groups in total. The third-order valence-corrected chi connectivity index (χ3v) is 3.00. The molecule has 0 aliphatic heterocycles. The molecule has 1 aromatic carbocycles. The Morgan fingerprint density at radius 1 is 1.30 bits per heavy atom. The summed E-state index contributed by atoms with van der Waals surface area (Å²) in [5, 5.41) is 3.32. The molecule has 2 aromatic rings. The molecule has 106 valence electrons. The average molecular weight is 273 g/mol. The van der Waals surface area contributed by atoms with E-state index in [0.29, 0.717) is 12.2 Å². The van der Waals surface area contributed by atoms with Gasteiger partial charge in [-0.25, -0.2) is 4.79 Å². The number of esters is 1. The van der Waals surface area contributed by atoms with Gasteiger partial charge in [-0.3, -0.25) is 0 Å². The molecule has 0 unspecified atom stereocenters. The van der Waals surface area contributed by atoms with E-state index in [9.17, 15) is 4.79 Å². The van der Waals surface area contributed by atoms with Crippen LogP contribution in [-0.2, 0) is 11.3 Å². The van der Waals surface area contributed by atoms with E-state index < -0.39 is 0 Å². The zero-order valence-electron chi connectivity index (χ0n) is 11.9. The molecule has 0 aliphatic carbocycles. The highest BCUT2D eigenvalue weighted by molar-refractivity contribution is 5.87. The van der Waals surface area contributed by atoms with Gasteiger partial charge in [-0.1, -0.05) is 6.07 Å². The van der Waals surface area contributed by atoms with E-state index in [2.05, 4.69) is 32.1 Å². The number of aromatic nitrogens is 1. The zero-order chi connectivity index (χ0) is 14.5. The van der Waals surface area contributed by atoms with Crippen molar-refractivity contribution < 1.29 is 9.53 Å². The molecule has 0 aliphatic rings. The Morgan fingerprint density at radius 2 is 2.10 bits per heavy atom. The number of carbonyl (C=O) groups excluding carboxylic acids is 1. The summed E-state index contributed by atoms with van der Waals surface area (Å²) in [5.74, 6) is -0.356. The molecule has 0 atom stereocenters. The Hall–Kier alpha value is -2.43. The SMILES string of the molecule is COC(=O)c1ccc(CNc2cccc(N(C)C)c2)[nH]1. The number of rotatable bonds is 5. The minimum absolute atomic E-state index is 0.356. The minimum atomic E-state index is -0.356. The first-order chi connectivity index (χ1) is 9.60. The average Bonchev–Trinajstić information content (AvgIpc) is 2.93. The van der Waals surface area contributed by atoms with Gasteiger partial charge in [0.2, 0.25) is 0 Å². The van der Waals surface area contributed by atoms with E-state index in [-0.39, 0.29) is 5.97 Å². The number of aromatic amines is 1. The molecule has 0 bridgehead atoms. The van der Waals surface area contributed by atoms with Crippen molar-refractivity contribution in [3.8, 4) is 0 Å². The lowest BCUT2D eigenvalue weighted by atomic mass is 10.2. The van der Waals surface area contributed by atoms with Crippen molar-refractivity contribution in [3.05, 3.63) is 47.8 Å². The smallest absolute Gasteiger partial charge is 0.354 e. The van der Waals surface area contributed by atoms with Gasteiger partial charge >= 0.3 is 5.97 Å². The monoisotopic (exact) mass is 273 g/mol. The van der Waals surface area contributed by atoms with Crippen LogP contribution < -0.4 is 10.2 Å². The Bertz CT molecular complexity index is 590. The van der Waals surface area contributed by atoms with Crippen LogP contribution in [0.15, 0.2) is 36.4 Å². The highest BCUT2D eigenvalue weighted by Gasteiger charge is 2.07. The van der Waals surface area contributed by atoms with Crippen molar-refractivity contribution in [3.63, 3.8) is 0 Å². The quantitative estimate of drug-likeness (QED) is 0.822. The Balaban J connectivity index is 2.00. The molecule has 0 saturated carbocycles. The highest BCUT2D eigenvalue weighted by atomic mass is 16.5. The van der Waals surface area contributed by atoms with Crippen LogP contribution in [-0.4, -0.2) is 32.2 Å². The number of nitrogens with one attached hydrogen (secondary N) is 2. The molecule has 0 radical (unpaired) electrons. The summed E-state index contributed by atoms with van der Waals surface area (Å²) >= 11 is 0.